The predicted molar refractivity (Wildman–Crippen MR) is 322 cm³/mol. The zero-order chi connectivity index (χ0) is 50.1. The number of benzene rings is 10. The maximum atomic E-state index is 5.36. The number of rotatable bonds is 8. The Bertz CT molecular complexity index is 4560. The molecule has 4 nitrogen and oxygen atoms in total. The van der Waals surface area contributed by atoms with Gasteiger partial charge in [0.25, 0.3) is 0 Å². The van der Waals surface area contributed by atoms with Crippen molar-refractivity contribution in [1.29, 1.82) is 0 Å². The summed E-state index contributed by atoms with van der Waals surface area (Å²) in [4.78, 5) is 20.5. The number of aromatic nitrogens is 4. The molecule has 76 heavy (non-hydrogen) atoms. The van der Waals surface area contributed by atoms with Gasteiger partial charge in [-0.1, -0.05) is 200 Å². The number of pyridine rings is 2. The van der Waals surface area contributed by atoms with E-state index in [2.05, 4.69) is 224 Å². The van der Waals surface area contributed by atoms with Gasteiger partial charge in [-0.2, -0.15) is 0 Å². The third-order valence-corrected chi connectivity index (χ3v) is 17.2. The van der Waals surface area contributed by atoms with Crippen molar-refractivity contribution in [3.63, 3.8) is 0 Å². The van der Waals surface area contributed by atoms with E-state index in [1.165, 1.54) is 62.6 Å². The molecule has 0 N–H and O–H groups in total. The zero-order valence-electron chi connectivity index (χ0n) is 40.9. The fraction of sp³-hybridized carbons (Fsp3) is 0. The summed E-state index contributed by atoms with van der Waals surface area (Å²) in [6, 6.07) is 89.4. The van der Waals surface area contributed by atoms with Gasteiger partial charge in [-0.05, 0) is 93.0 Å². The molecule has 0 aliphatic carbocycles. The molecule has 0 aliphatic heterocycles. The molecule has 0 saturated heterocycles. The van der Waals surface area contributed by atoms with Crippen LogP contribution in [0.1, 0.15) is 0 Å². The minimum atomic E-state index is 0.666. The number of thiophene rings is 2. The van der Waals surface area contributed by atoms with Gasteiger partial charge in [0.15, 0.2) is 5.82 Å². The van der Waals surface area contributed by atoms with E-state index in [0.717, 1.165) is 83.4 Å². The highest BCUT2D eigenvalue weighted by molar-refractivity contribution is 7.26. The minimum absolute atomic E-state index is 0.666. The largest absolute Gasteiger partial charge is 0.254 e. The number of fused-ring (bicyclic) bond motifs is 9. The lowest BCUT2D eigenvalue weighted by Gasteiger charge is -2.14. The van der Waals surface area contributed by atoms with Crippen molar-refractivity contribution in [1.82, 2.24) is 19.9 Å². The highest BCUT2D eigenvalue weighted by atomic mass is 32.1. The Morgan fingerprint density at radius 3 is 1.34 bits per heavy atom. The van der Waals surface area contributed by atoms with Crippen molar-refractivity contribution in [2.75, 3.05) is 0 Å². The minimum Gasteiger partial charge on any atom is -0.254 e. The molecular weight excluding hydrogens is 961 g/mol. The average Bonchev–Trinajstić information content (AvgIpc) is 4.11. The topological polar surface area (TPSA) is 51.6 Å². The molecule has 0 amide bonds. The van der Waals surface area contributed by atoms with Crippen LogP contribution in [0.4, 0.5) is 0 Å². The summed E-state index contributed by atoms with van der Waals surface area (Å²) in [5, 5.41) is 7.36. The van der Waals surface area contributed by atoms with E-state index in [1.54, 1.807) is 0 Å². The maximum absolute atomic E-state index is 5.36. The van der Waals surface area contributed by atoms with Gasteiger partial charge in [0, 0.05) is 79.6 Å². The molecule has 0 spiro atoms. The third-order valence-electron chi connectivity index (χ3n) is 14.8. The Morgan fingerprint density at radius 1 is 0.263 bits per heavy atom. The van der Waals surface area contributed by atoms with Crippen LogP contribution in [0.3, 0.4) is 0 Å². The van der Waals surface area contributed by atoms with Crippen molar-refractivity contribution in [3.8, 4) is 89.7 Å². The van der Waals surface area contributed by atoms with Gasteiger partial charge >= 0.3 is 0 Å². The molecule has 5 aromatic heterocycles. The molecule has 0 fully saturated rings. The van der Waals surface area contributed by atoms with Crippen LogP contribution in [0, 0.1) is 0 Å². The monoisotopic (exact) mass is 1000 g/mol. The van der Waals surface area contributed by atoms with Crippen molar-refractivity contribution < 1.29 is 0 Å². The molecule has 0 atom stereocenters. The Labute approximate surface area is 446 Å². The summed E-state index contributed by atoms with van der Waals surface area (Å²) in [5.41, 5.74) is 17.7. The van der Waals surface area contributed by atoms with Gasteiger partial charge in [0.1, 0.15) is 0 Å². The van der Waals surface area contributed by atoms with Crippen LogP contribution >= 0.6 is 22.7 Å². The molecule has 0 aliphatic rings. The lowest BCUT2D eigenvalue weighted by atomic mass is 9.92. The van der Waals surface area contributed by atoms with Gasteiger partial charge in [-0.25, -0.2) is 15.0 Å². The van der Waals surface area contributed by atoms with Gasteiger partial charge in [0.05, 0.1) is 28.1 Å². The van der Waals surface area contributed by atoms with Gasteiger partial charge in [-0.3, -0.25) is 4.98 Å². The number of hydrogen-bond donors (Lipinski definition) is 0. The lowest BCUT2D eigenvalue weighted by Crippen LogP contribution is -1.97. The first-order valence-corrected chi connectivity index (χ1v) is 27.1. The SMILES string of the molecule is c1ccc(-c2nc(-c3ccc(-c4ccc5ccc6cccnc6c5n4)cc3)cc(-c3cc(-c4ccc(-c5cccc6c5sc5ccccc56)cc4)cc(-c4ccc(-c5cccc6c5sc5ccccc56)cc4)c3)n2)cc1. The first-order valence-electron chi connectivity index (χ1n) is 25.5. The molecular formula is C70H42N4S2. The molecule has 15 rings (SSSR count). The summed E-state index contributed by atoms with van der Waals surface area (Å²) in [7, 11) is 0. The van der Waals surface area contributed by atoms with Crippen LogP contribution in [0.2, 0.25) is 0 Å². The lowest BCUT2D eigenvalue weighted by molar-refractivity contribution is 1.18. The normalized spacial score (nSPS) is 11.7. The first-order chi connectivity index (χ1) is 37.6. The van der Waals surface area contributed by atoms with Gasteiger partial charge in [-0.15, -0.1) is 22.7 Å². The summed E-state index contributed by atoms with van der Waals surface area (Å²) in [6.07, 6.45) is 1.83. The summed E-state index contributed by atoms with van der Waals surface area (Å²) in [5.74, 6) is 0.666. The average molecular weight is 1000 g/mol. The number of hydrogen-bond acceptors (Lipinski definition) is 6. The second-order valence-electron chi connectivity index (χ2n) is 19.3. The summed E-state index contributed by atoms with van der Waals surface area (Å²) >= 11 is 3.73. The Hall–Kier alpha value is -9.46. The zero-order valence-corrected chi connectivity index (χ0v) is 42.5. The smallest absolute Gasteiger partial charge is 0.160 e. The van der Waals surface area contributed by atoms with Crippen molar-refractivity contribution in [2.45, 2.75) is 0 Å². The van der Waals surface area contributed by atoms with Crippen LogP contribution in [-0.4, -0.2) is 19.9 Å². The maximum Gasteiger partial charge on any atom is 0.160 e. The summed E-state index contributed by atoms with van der Waals surface area (Å²) < 4.78 is 5.24. The Kier molecular flexibility index (Phi) is 10.5. The highest BCUT2D eigenvalue weighted by Crippen LogP contribution is 2.43. The second kappa shape index (κ2) is 18.2. The standard InChI is InChI=1S/C70H42N4S2/c1-2-11-51(12-3-1)70-73-62(48-32-30-47(31-33-48)61-37-36-50-35-34-49-13-10-38-71-66(49)67(50)72-61)42-63(74-70)54-40-52(43-22-26-45(27-23-43)55-16-8-18-59-57-14-4-6-20-64(57)75-68(55)59)39-53(41-54)44-24-28-46(29-25-44)56-17-9-19-60-58-15-5-7-21-65(58)76-69(56)60/h1-42H. The molecule has 15 aromatic rings. The van der Waals surface area contributed by atoms with Crippen LogP contribution in [0.15, 0.2) is 255 Å². The van der Waals surface area contributed by atoms with Gasteiger partial charge in [0.2, 0.25) is 0 Å². The van der Waals surface area contributed by atoms with E-state index in [-0.39, 0.29) is 0 Å². The van der Waals surface area contributed by atoms with Crippen LogP contribution in [-0.2, 0) is 0 Å². The quantitative estimate of drug-likeness (QED) is 0.142. The molecule has 0 saturated carbocycles. The predicted octanol–water partition coefficient (Wildman–Crippen LogP) is 19.6. The highest BCUT2D eigenvalue weighted by Gasteiger charge is 2.17. The van der Waals surface area contributed by atoms with E-state index in [9.17, 15) is 0 Å². The van der Waals surface area contributed by atoms with Crippen molar-refractivity contribution in [2.24, 2.45) is 0 Å². The molecule has 5 heterocycles. The van der Waals surface area contributed by atoms with Crippen LogP contribution in [0.5, 0.6) is 0 Å². The molecule has 0 radical (unpaired) electrons. The number of nitrogens with zero attached hydrogens (tertiary/aromatic N) is 4. The van der Waals surface area contributed by atoms with E-state index in [1.807, 2.05) is 53.1 Å². The molecule has 354 valence electrons. The molecule has 6 heteroatoms. The first kappa shape index (κ1) is 44.1. The van der Waals surface area contributed by atoms with Crippen molar-refractivity contribution >= 4 is 84.8 Å². The fourth-order valence-corrected chi connectivity index (χ4v) is 13.4. The molecule has 0 unspecified atom stereocenters. The third kappa shape index (κ3) is 7.74. The Balaban J connectivity index is 0.849. The summed E-state index contributed by atoms with van der Waals surface area (Å²) in [6.45, 7) is 0. The van der Waals surface area contributed by atoms with E-state index < -0.39 is 0 Å². The van der Waals surface area contributed by atoms with E-state index in [0.29, 0.717) is 5.82 Å². The molecule has 0 bridgehead atoms. The fourth-order valence-electron chi connectivity index (χ4n) is 10.9. The van der Waals surface area contributed by atoms with Crippen LogP contribution in [0.25, 0.3) is 152 Å². The van der Waals surface area contributed by atoms with Crippen LogP contribution < -0.4 is 0 Å². The molecule has 10 aromatic carbocycles. The Morgan fingerprint density at radius 2 is 0.737 bits per heavy atom. The van der Waals surface area contributed by atoms with Crippen molar-refractivity contribution in [3.05, 3.63) is 255 Å². The van der Waals surface area contributed by atoms with E-state index in [4.69, 9.17) is 19.9 Å². The van der Waals surface area contributed by atoms with E-state index >= 15 is 0 Å². The van der Waals surface area contributed by atoms with Gasteiger partial charge < -0.3 is 0 Å². The second-order valence-corrected chi connectivity index (χ2v) is 21.4.